The highest BCUT2D eigenvalue weighted by atomic mass is 32.1. The van der Waals surface area contributed by atoms with Crippen molar-refractivity contribution < 1.29 is 13.5 Å². The summed E-state index contributed by atoms with van der Waals surface area (Å²) in [4.78, 5) is 4.32. The first kappa shape index (κ1) is 13.9. The van der Waals surface area contributed by atoms with Crippen LogP contribution in [0.4, 0.5) is 8.78 Å². The average Bonchev–Trinajstić information content (AvgIpc) is 2.74. The SMILES string of the molecule is Cc1nc(CC(N)c2ccccc2OC(F)F)cs1. The van der Waals surface area contributed by atoms with Gasteiger partial charge in [0.05, 0.1) is 10.7 Å². The first-order valence-electron chi connectivity index (χ1n) is 5.76. The maximum atomic E-state index is 12.3. The molecule has 2 N–H and O–H groups in total. The standard InChI is InChI=1S/C13H14F2N2OS/c1-8-17-9(7-19-8)6-11(16)10-4-2-3-5-12(10)18-13(14)15/h2-5,7,11,13H,6,16H2,1H3. The van der Waals surface area contributed by atoms with Crippen molar-refractivity contribution in [3.05, 3.63) is 45.9 Å². The number of hydrogen-bond acceptors (Lipinski definition) is 4. The van der Waals surface area contributed by atoms with Crippen molar-refractivity contribution in [3.8, 4) is 5.75 Å². The second kappa shape index (κ2) is 6.08. The zero-order valence-corrected chi connectivity index (χ0v) is 11.2. The minimum atomic E-state index is -2.85. The summed E-state index contributed by atoms with van der Waals surface area (Å²) in [7, 11) is 0. The van der Waals surface area contributed by atoms with Crippen LogP contribution in [0.2, 0.25) is 0 Å². The van der Waals surface area contributed by atoms with Crippen molar-refractivity contribution in [2.24, 2.45) is 5.73 Å². The van der Waals surface area contributed by atoms with Gasteiger partial charge in [-0.15, -0.1) is 11.3 Å². The van der Waals surface area contributed by atoms with Gasteiger partial charge >= 0.3 is 6.61 Å². The molecule has 0 aliphatic rings. The van der Waals surface area contributed by atoms with E-state index in [1.165, 1.54) is 17.4 Å². The third kappa shape index (κ3) is 3.71. The second-order valence-electron chi connectivity index (χ2n) is 4.08. The fraction of sp³-hybridized carbons (Fsp3) is 0.308. The van der Waals surface area contributed by atoms with Crippen molar-refractivity contribution in [2.45, 2.75) is 26.0 Å². The molecule has 0 bridgehead atoms. The Labute approximate surface area is 114 Å². The Morgan fingerprint density at radius 3 is 2.74 bits per heavy atom. The maximum absolute atomic E-state index is 12.3. The third-order valence-corrected chi connectivity index (χ3v) is 3.45. The third-order valence-electron chi connectivity index (χ3n) is 2.63. The summed E-state index contributed by atoms with van der Waals surface area (Å²) >= 11 is 1.54. The Hall–Kier alpha value is -1.53. The maximum Gasteiger partial charge on any atom is 0.387 e. The number of para-hydroxylation sites is 1. The molecular weight excluding hydrogens is 270 g/mol. The molecule has 0 aliphatic heterocycles. The zero-order valence-electron chi connectivity index (χ0n) is 10.3. The van der Waals surface area contributed by atoms with E-state index in [4.69, 9.17) is 5.73 Å². The number of hydrogen-bond donors (Lipinski definition) is 1. The summed E-state index contributed by atoms with van der Waals surface area (Å²) in [6.45, 7) is -0.942. The normalized spacial score (nSPS) is 12.7. The van der Waals surface area contributed by atoms with Gasteiger partial charge in [-0.05, 0) is 13.0 Å². The molecule has 1 atom stereocenters. The summed E-state index contributed by atoms with van der Waals surface area (Å²) in [5.41, 5.74) is 7.48. The minimum Gasteiger partial charge on any atom is -0.434 e. The number of rotatable bonds is 5. The largest absolute Gasteiger partial charge is 0.434 e. The Bertz CT molecular complexity index is 545. The number of nitrogens with zero attached hydrogens (tertiary/aromatic N) is 1. The number of halogens is 2. The molecule has 0 fully saturated rings. The van der Waals surface area contributed by atoms with E-state index in [2.05, 4.69) is 9.72 Å². The Balaban J connectivity index is 2.16. The highest BCUT2D eigenvalue weighted by molar-refractivity contribution is 7.09. The van der Waals surface area contributed by atoms with Gasteiger partial charge in [0.1, 0.15) is 5.75 Å². The smallest absolute Gasteiger partial charge is 0.387 e. The van der Waals surface area contributed by atoms with E-state index in [-0.39, 0.29) is 5.75 Å². The number of benzene rings is 1. The number of aromatic nitrogens is 1. The Morgan fingerprint density at radius 1 is 1.37 bits per heavy atom. The van der Waals surface area contributed by atoms with Gasteiger partial charge in [-0.2, -0.15) is 8.78 Å². The molecule has 0 saturated carbocycles. The highest BCUT2D eigenvalue weighted by Gasteiger charge is 2.16. The van der Waals surface area contributed by atoms with Crippen LogP contribution in [0, 0.1) is 6.92 Å². The number of aryl methyl sites for hydroxylation is 1. The molecule has 0 saturated heterocycles. The summed E-state index contributed by atoms with van der Waals surface area (Å²) in [5, 5.41) is 2.88. The van der Waals surface area contributed by atoms with Crippen LogP contribution >= 0.6 is 11.3 Å². The lowest BCUT2D eigenvalue weighted by atomic mass is 10.0. The monoisotopic (exact) mass is 284 g/mol. The first-order valence-corrected chi connectivity index (χ1v) is 6.64. The van der Waals surface area contributed by atoms with E-state index in [9.17, 15) is 8.78 Å². The number of ether oxygens (including phenoxy) is 1. The van der Waals surface area contributed by atoms with Crippen molar-refractivity contribution in [3.63, 3.8) is 0 Å². The summed E-state index contributed by atoms with van der Waals surface area (Å²) < 4.78 is 29.1. The molecule has 0 aliphatic carbocycles. The van der Waals surface area contributed by atoms with E-state index in [1.54, 1.807) is 18.2 Å². The van der Waals surface area contributed by atoms with Crippen LogP contribution in [0.1, 0.15) is 22.3 Å². The Kier molecular flexibility index (Phi) is 4.44. The molecule has 1 aromatic carbocycles. The van der Waals surface area contributed by atoms with Crippen LogP contribution in [0.25, 0.3) is 0 Å². The van der Waals surface area contributed by atoms with Crippen LogP contribution in [-0.4, -0.2) is 11.6 Å². The molecule has 102 valence electrons. The lowest BCUT2D eigenvalue weighted by Gasteiger charge is -2.15. The lowest BCUT2D eigenvalue weighted by molar-refractivity contribution is -0.0506. The molecule has 1 aromatic heterocycles. The lowest BCUT2D eigenvalue weighted by Crippen LogP contribution is -2.16. The summed E-state index contributed by atoms with van der Waals surface area (Å²) in [5.74, 6) is 0.122. The molecule has 3 nitrogen and oxygen atoms in total. The highest BCUT2D eigenvalue weighted by Crippen LogP contribution is 2.27. The van der Waals surface area contributed by atoms with Crippen LogP contribution in [0.15, 0.2) is 29.6 Å². The molecule has 0 radical (unpaired) electrons. The molecule has 1 unspecified atom stereocenters. The molecule has 0 amide bonds. The van der Waals surface area contributed by atoms with Crippen molar-refractivity contribution in [1.82, 2.24) is 4.98 Å². The second-order valence-corrected chi connectivity index (χ2v) is 5.15. The fourth-order valence-electron chi connectivity index (χ4n) is 1.83. The molecule has 2 rings (SSSR count). The van der Waals surface area contributed by atoms with Crippen LogP contribution in [0.3, 0.4) is 0 Å². The number of thiazole rings is 1. The van der Waals surface area contributed by atoms with E-state index < -0.39 is 12.7 Å². The van der Waals surface area contributed by atoms with Crippen LogP contribution < -0.4 is 10.5 Å². The summed E-state index contributed by atoms with van der Waals surface area (Å²) in [6.07, 6.45) is 0.494. The van der Waals surface area contributed by atoms with E-state index in [1.807, 2.05) is 12.3 Å². The van der Waals surface area contributed by atoms with E-state index in [0.717, 1.165) is 10.7 Å². The fourth-order valence-corrected chi connectivity index (χ4v) is 2.45. The molecular formula is C13H14F2N2OS. The predicted octanol–water partition coefficient (Wildman–Crippen LogP) is 3.30. The van der Waals surface area contributed by atoms with Gasteiger partial charge in [-0.25, -0.2) is 4.98 Å². The number of nitrogens with two attached hydrogens (primary N) is 1. The first-order chi connectivity index (χ1) is 9.06. The van der Waals surface area contributed by atoms with E-state index >= 15 is 0 Å². The topological polar surface area (TPSA) is 48.1 Å². The van der Waals surface area contributed by atoms with Gasteiger partial charge < -0.3 is 10.5 Å². The van der Waals surface area contributed by atoms with E-state index in [0.29, 0.717) is 12.0 Å². The van der Waals surface area contributed by atoms with Crippen molar-refractivity contribution >= 4 is 11.3 Å². The molecule has 19 heavy (non-hydrogen) atoms. The van der Waals surface area contributed by atoms with Crippen LogP contribution in [0.5, 0.6) is 5.75 Å². The molecule has 6 heteroatoms. The zero-order chi connectivity index (χ0) is 13.8. The minimum absolute atomic E-state index is 0.122. The molecule has 1 heterocycles. The quantitative estimate of drug-likeness (QED) is 0.916. The van der Waals surface area contributed by atoms with Gasteiger partial charge in [0.15, 0.2) is 0 Å². The number of alkyl halides is 2. The van der Waals surface area contributed by atoms with Gasteiger partial charge in [0.25, 0.3) is 0 Å². The Morgan fingerprint density at radius 2 is 2.11 bits per heavy atom. The molecule has 2 aromatic rings. The predicted molar refractivity (Wildman–Crippen MR) is 70.6 cm³/mol. The van der Waals surface area contributed by atoms with Gasteiger partial charge in [-0.1, -0.05) is 18.2 Å². The molecule has 0 spiro atoms. The van der Waals surface area contributed by atoms with Gasteiger partial charge in [-0.3, -0.25) is 0 Å². The van der Waals surface area contributed by atoms with Gasteiger partial charge in [0, 0.05) is 23.4 Å². The van der Waals surface area contributed by atoms with Crippen LogP contribution in [-0.2, 0) is 6.42 Å². The van der Waals surface area contributed by atoms with Crippen molar-refractivity contribution in [1.29, 1.82) is 0 Å². The van der Waals surface area contributed by atoms with Crippen molar-refractivity contribution in [2.75, 3.05) is 0 Å². The summed E-state index contributed by atoms with van der Waals surface area (Å²) in [6, 6.07) is 6.16. The average molecular weight is 284 g/mol. The van der Waals surface area contributed by atoms with Gasteiger partial charge in [0.2, 0.25) is 0 Å².